The molecule has 148 valence electrons. The van der Waals surface area contributed by atoms with Crippen LogP contribution in [0.5, 0.6) is 0 Å². The first-order valence-corrected chi connectivity index (χ1v) is 9.40. The first-order valence-electron chi connectivity index (χ1n) is 9.40. The van der Waals surface area contributed by atoms with E-state index in [1.807, 2.05) is 18.2 Å². The van der Waals surface area contributed by atoms with Crippen LogP contribution in [-0.4, -0.2) is 53.0 Å². The van der Waals surface area contributed by atoms with Gasteiger partial charge in [0.05, 0.1) is 0 Å². The summed E-state index contributed by atoms with van der Waals surface area (Å²) in [7, 11) is 0. The molecule has 0 bridgehead atoms. The molecule has 0 unspecified atom stereocenters. The number of hydrogen-bond acceptors (Lipinski definition) is 6. The lowest BCUT2D eigenvalue weighted by atomic mass is 10.1. The molecule has 0 saturated carbocycles. The van der Waals surface area contributed by atoms with Crippen molar-refractivity contribution in [2.24, 2.45) is 0 Å². The summed E-state index contributed by atoms with van der Waals surface area (Å²) in [5.74, 6) is 1.44. The van der Waals surface area contributed by atoms with Crippen molar-refractivity contribution in [2.75, 3.05) is 36.4 Å². The number of nitrogens with one attached hydrogen (secondary N) is 1. The summed E-state index contributed by atoms with van der Waals surface area (Å²) in [6.07, 6.45) is 1.77. The first kappa shape index (κ1) is 18.7. The molecule has 3 aromatic rings. The highest BCUT2D eigenvalue weighted by Crippen LogP contribution is 2.16. The molecular weight excluding hydrogens is 370 g/mol. The summed E-state index contributed by atoms with van der Waals surface area (Å²) in [4.78, 5) is 33.7. The third-order valence-corrected chi connectivity index (χ3v) is 4.78. The Morgan fingerprint density at radius 1 is 1.00 bits per heavy atom. The number of carbonyl (C=O) groups excluding carboxylic acids is 2. The monoisotopic (exact) mass is 391 g/mol. The van der Waals surface area contributed by atoms with E-state index in [0.29, 0.717) is 48.9 Å². The minimum absolute atomic E-state index is 0.0856. The maximum atomic E-state index is 12.9. The summed E-state index contributed by atoms with van der Waals surface area (Å²) in [5.41, 5.74) is 0.879. The van der Waals surface area contributed by atoms with Gasteiger partial charge in [-0.2, -0.15) is 0 Å². The standard InChI is InChI=1S/C21H21N5O3/c1-15-13-18(24-29-15)23-20(27)16-5-4-6-17(14-16)21(28)26-11-9-25(10-12-26)19-7-2-3-8-22-19/h2-8,13-14H,9-12H2,1H3,(H,23,24,27). The molecule has 1 aliphatic heterocycles. The summed E-state index contributed by atoms with van der Waals surface area (Å²) >= 11 is 0. The topological polar surface area (TPSA) is 91.6 Å². The number of piperazine rings is 1. The van der Waals surface area contributed by atoms with Crippen LogP contribution in [0, 0.1) is 6.92 Å². The number of nitrogens with zero attached hydrogens (tertiary/aromatic N) is 4. The van der Waals surface area contributed by atoms with Gasteiger partial charge in [0, 0.05) is 49.6 Å². The average molecular weight is 391 g/mol. The Morgan fingerprint density at radius 2 is 1.79 bits per heavy atom. The molecule has 0 radical (unpaired) electrons. The molecule has 1 saturated heterocycles. The zero-order valence-corrected chi connectivity index (χ0v) is 16.0. The number of anilines is 2. The number of benzene rings is 1. The lowest BCUT2D eigenvalue weighted by molar-refractivity contribution is 0.0746. The van der Waals surface area contributed by atoms with E-state index >= 15 is 0 Å². The normalized spacial score (nSPS) is 14.0. The SMILES string of the molecule is Cc1cc(NC(=O)c2cccc(C(=O)N3CCN(c4ccccn4)CC3)c2)no1. The molecule has 2 amide bonds. The number of aromatic nitrogens is 2. The van der Waals surface area contributed by atoms with Crippen LogP contribution < -0.4 is 10.2 Å². The number of carbonyl (C=O) groups is 2. The van der Waals surface area contributed by atoms with E-state index in [4.69, 9.17) is 4.52 Å². The maximum absolute atomic E-state index is 12.9. The lowest BCUT2D eigenvalue weighted by Gasteiger charge is -2.35. The van der Waals surface area contributed by atoms with Gasteiger partial charge in [-0.05, 0) is 37.3 Å². The molecule has 8 nitrogen and oxygen atoms in total. The van der Waals surface area contributed by atoms with Crippen LogP contribution in [0.4, 0.5) is 11.6 Å². The zero-order valence-electron chi connectivity index (χ0n) is 16.0. The Balaban J connectivity index is 1.40. The van der Waals surface area contributed by atoms with Crippen molar-refractivity contribution in [1.29, 1.82) is 0 Å². The Morgan fingerprint density at radius 3 is 2.48 bits per heavy atom. The van der Waals surface area contributed by atoms with Crippen LogP contribution in [0.1, 0.15) is 26.5 Å². The largest absolute Gasteiger partial charge is 0.360 e. The fourth-order valence-corrected chi connectivity index (χ4v) is 3.27. The fourth-order valence-electron chi connectivity index (χ4n) is 3.27. The Kier molecular flexibility index (Phi) is 5.24. The molecule has 2 aromatic heterocycles. The third kappa shape index (κ3) is 4.26. The Bertz CT molecular complexity index is 1010. The van der Waals surface area contributed by atoms with E-state index in [0.717, 1.165) is 5.82 Å². The van der Waals surface area contributed by atoms with Crippen LogP contribution in [0.3, 0.4) is 0 Å². The molecular formula is C21H21N5O3. The molecule has 29 heavy (non-hydrogen) atoms. The fraction of sp³-hybridized carbons (Fsp3) is 0.238. The smallest absolute Gasteiger partial charge is 0.256 e. The predicted octanol–water partition coefficient (Wildman–Crippen LogP) is 2.59. The lowest BCUT2D eigenvalue weighted by Crippen LogP contribution is -2.49. The van der Waals surface area contributed by atoms with Crippen molar-refractivity contribution in [3.8, 4) is 0 Å². The predicted molar refractivity (Wildman–Crippen MR) is 108 cm³/mol. The van der Waals surface area contributed by atoms with E-state index < -0.39 is 0 Å². The van der Waals surface area contributed by atoms with Crippen LogP contribution >= 0.6 is 0 Å². The van der Waals surface area contributed by atoms with Crippen LogP contribution in [0.25, 0.3) is 0 Å². The van der Waals surface area contributed by atoms with Gasteiger partial charge in [-0.1, -0.05) is 17.3 Å². The van der Waals surface area contributed by atoms with Gasteiger partial charge >= 0.3 is 0 Å². The minimum atomic E-state index is -0.340. The average Bonchev–Trinajstić information content (AvgIpc) is 3.18. The second-order valence-corrected chi connectivity index (χ2v) is 6.82. The second kappa shape index (κ2) is 8.14. The Hall–Kier alpha value is -3.68. The summed E-state index contributed by atoms with van der Waals surface area (Å²) < 4.78 is 4.95. The molecule has 1 aromatic carbocycles. The van der Waals surface area contributed by atoms with Crippen molar-refractivity contribution >= 4 is 23.5 Å². The van der Waals surface area contributed by atoms with Crippen molar-refractivity contribution in [3.63, 3.8) is 0 Å². The number of pyridine rings is 1. The Labute approximate surface area is 168 Å². The summed E-state index contributed by atoms with van der Waals surface area (Å²) in [6, 6.07) is 14.1. The first-order chi connectivity index (χ1) is 14.1. The van der Waals surface area contributed by atoms with E-state index in [9.17, 15) is 9.59 Å². The molecule has 1 N–H and O–H groups in total. The highest BCUT2D eigenvalue weighted by Gasteiger charge is 2.23. The van der Waals surface area contributed by atoms with Gasteiger partial charge in [0.2, 0.25) is 0 Å². The van der Waals surface area contributed by atoms with Gasteiger partial charge < -0.3 is 19.6 Å². The minimum Gasteiger partial charge on any atom is -0.360 e. The molecule has 3 heterocycles. The number of hydrogen-bond donors (Lipinski definition) is 1. The number of amides is 2. The highest BCUT2D eigenvalue weighted by atomic mass is 16.5. The van der Waals surface area contributed by atoms with Gasteiger partial charge in [-0.15, -0.1) is 0 Å². The molecule has 4 rings (SSSR count). The van der Waals surface area contributed by atoms with Crippen LogP contribution in [-0.2, 0) is 0 Å². The highest BCUT2D eigenvalue weighted by molar-refractivity contribution is 6.05. The second-order valence-electron chi connectivity index (χ2n) is 6.82. The van der Waals surface area contributed by atoms with Crippen molar-refractivity contribution in [1.82, 2.24) is 15.0 Å². The maximum Gasteiger partial charge on any atom is 0.256 e. The molecule has 0 aliphatic carbocycles. The zero-order chi connectivity index (χ0) is 20.2. The van der Waals surface area contributed by atoms with Crippen molar-refractivity contribution in [2.45, 2.75) is 6.92 Å². The van der Waals surface area contributed by atoms with Crippen LogP contribution in [0.15, 0.2) is 59.3 Å². The third-order valence-electron chi connectivity index (χ3n) is 4.78. The molecule has 1 fully saturated rings. The van der Waals surface area contributed by atoms with Gasteiger partial charge in [-0.3, -0.25) is 9.59 Å². The summed E-state index contributed by atoms with van der Waals surface area (Å²) in [5, 5.41) is 6.42. The molecule has 8 heteroatoms. The number of aryl methyl sites for hydroxylation is 1. The van der Waals surface area contributed by atoms with Gasteiger partial charge in [0.1, 0.15) is 11.6 Å². The van der Waals surface area contributed by atoms with E-state index in [2.05, 4.69) is 20.4 Å². The van der Waals surface area contributed by atoms with Gasteiger partial charge in [-0.25, -0.2) is 4.98 Å². The van der Waals surface area contributed by atoms with E-state index in [1.165, 1.54) is 0 Å². The molecule has 0 atom stereocenters. The molecule has 1 aliphatic rings. The van der Waals surface area contributed by atoms with Crippen molar-refractivity contribution in [3.05, 3.63) is 71.6 Å². The van der Waals surface area contributed by atoms with E-state index in [-0.39, 0.29) is 11.8 Å². The molecule has 0 spiro atoms. The number of rotatable bonds is 4. The van der Waals surface area contributed by atoms with Crippen molar-refractivity contribution < 1.29 is 14.1 Å². The quantitative estimate of drug-likeness (QED) is 0.735. The van der Waals surface area contributed by atoms with E-state index in [1.54, 1.807) is 48.4 Å². The summed E-state index contributed by atoms with van der Waals surface area (Å²) in [6.45, 7) is 4.38. The van der Waals surface area contributed by atoms with Gasteiger partial charge in [0.25, 0.3) is 11.8 Å². The van der Waals surface area contributed by atoms with Gasteiger partial charge in [0.15, 0.2) is 5.82 Å². The van der Waals surface area contributed by atoms with Crippen LogP contribution in [0.2, 0.25) is 0 Å².